The van der Waals surface area contributed by atoms with E-state index >= 15 is 0 Å². The lowest BCUT2D eigenvalue weighted by molar-refractivity contribution is -0.0334. The van der Waals surface area contributed by atoms with E-state index < -0.39 is 0 Å². The highest BCUT2D eigenvalue weighted by atomic mass is 16.5. The van der Waals surface area contributed by atoms with Gasteiger partial charge in [0, 0.05) is 39.1 Å². The molecule has 3 nitrogen and oxygen atoms in total. The Morgan fingerprint density at radius 3 is 3.08 bits per heavy atom. The van der Waals surface area contributed by atoms with Crippen molar-refractivity contribution in [1.82, 2.24) is 9.88 Å². The number of aromatic nitrogens is 1. The van der Waals surface area contributed by atoms with E-state index in [2.05, 4.69) is 16.0 Å². The van der Waals surface area contributed by atoms with Gasteiger partial charge in [-0.3, -0.25) is 9.88 Å². The van der Waals surface area contributed by atoms with E-state index in [9.17, 15) is 0 Å². The predicted octanol–water partition coefficient (Wildman–Crippen LogP) is 0.912. The van der Waals surface area contributed by atoms with Crippen LogP contribution in [0.5, 0.6) is 0 Å². The average molecular weight is 178 g/mol. The molecule has 0 aromatic carbocycles. The predicted molar refractivity (Wildman–Crippen MR) is 50.3 cm³/mol. The van der Waals surface area contributed by atoms with Crippen LogP contribution in [0.1, 0.15) is 5.56 Å². The van der Waals surface area contributed by atoms with Gasteiger partial charge < -0.3 is 4.74 Å². The Bertz CT molecular complexity index is 257. The van der Waals surface area contributed by atoms with Crippen molar-refractivity contribution in [2.75, 3.05) is 20.2 Å². The summed E-state index contributed by atoms with van der Waals surface area (Å²) in [6, 6.07) is 4.08. The molecule has 0 spiro atoms. The van der Waals surface area contributed by atoms with E-state index in [-0.39, 0.29) is 0 Å². The Hall–Kier alpha value is -0.930. The summed E-state index contributed by atoms with van der Waals surface area (Å²) in [6.45, 7) is 3.09. The van der Waals surface area contributed by atoms with Crippen molar-refractivity contribution in [2.45, 2.75) is 12.6 Å². The van der Waals surface area contributed by atoms with Gasteiger partial charge in [0.15, 0.2) is 0 Å². The summed E-state index contributed by atoms with van der Waals surface area (Å²) >= 11 is 0. The number of nitrogens with zero attached hydrogens (tertiary/aromatic N) is 2. The normalized spacial score (nSPS) is 18.5. The molecular formula is C10H14N2O. The van der Waals surface area contributed by atoms with Crippen LogP contribution in [0.15, 0.2) is 24.5 Å². The maximum absolute atomic E-state index is 5.20. The molecule has 2 rings (SSSR count). The molecule has 1 aliphatic rings. The first-order chi connectivity index (χ1) is 6.38. The number of methoxy groups -OCH3 is 1. The van der Waals surface area contributed by atoms with Crippen LogP contribution in [-0.2, 0) is 11.3 Å². The topological polar surface area (TPSA) is 25.4 Å². The molecular weight excluding hydrogens is 164 g/mol. The van der Waals surface area contributed by atoms with Crippen LogP contribution in [0.4, 0.5) is 0 Å². The summed E-state index contributed by atoms with van der Waals surface area (Å²) in [6.07, 6.45) is 4.16. The van der Waals surface area contributed by atoms with E-state index in [1.807, 2.05) is 12.3 Å². The molecule has 13 heavy (non-hydrogen) atoms. The van der Waals surface area contributed by atoms with Crippen LogP contribution < -0.4 is 0 Å². The van der Waals surface area contributed by atoms with E-state index in [0.29, 0.717) is 6.10 Å². The number of likely N-dealkylation sites (tertiary alicyclic amines) is 1. The van der Waals surface area contributed by atoms with Gasteiger partial charge >= 0.3 is 0 Å². The second kappa shape index (κ2) is 3.85. The van der Waals surface area contributed by atoms with Gasteiger partial charge in [0.05, 0.1) is 6.10 Å². The molecule has 1 saturated heterocycles. The highest BCUT2D eigenvalue weighted by Gasteiger charge is 2.25. The average Bonchev–Trinajstić information content (AvgIpc) is 2.12. The second-order valence-corrected chi connectivity index (χ2v) is 3.41. The lowest BCUT2D eigenvalue weighted by Gasteiger charge is -2.37. The zero-order chi connectivity index (χ0) is 9.10. The number of ether oxygens (including phenoxy) is 1. The molecule has 1 aliphatic heterocycles. The van der Waals surface area contributed by atoms with Crippen LogP contribution in [0.2, 0.25) is 0 Å². The van der Waals surface area contributed by atoms with E-state index in [1.165, 1.54) is 5.56 Å². The standard InChI is InChI=1S/C10H14N2O/c1-13-10-7-12(8-10)6-9-3-2-4-11-5-9/h2-5,10H,6-8H2,1H3. The molecule has 0 unspecified atom stereocenters. The van der Waals surface area contributed by atoms with Crippen LogP contribution in [-0.4, -0.2) is 36.2 Å². The highest BCUT2D eigenvalue weighted by molar-refractivity contribution is 5.08. The first kappa shape index (κ1) is 8.66. The zero-order valence-electron chi connectivity index (χ0n) is 7.81. The van der Waals surface area contributed by atoms with Crippen molar-refractivity contribution >= 4 is 0 Å². The summed E-state index contributed by atoms with van der Waals surface area (Å²) in [5.41, 5.74) is 1.28. The second-order valence-electron chi connectivity index (χ2n) is 3.41. The highest BCUT2D eigenvalue weighted by Crippen LogP contribution is 2.13. The summed E-state index contributed by atoms with van der Waals surface area (Å²) in [5, 5.41) is 0. The van der Waals surface area contributed by atoms with Crippen molar-refractivity contribution in [1.29, 1.82) is 0 Å². The van der Waals surface area contributed by atoms with Crippen molar-refractivity contribution < 1.29 is 4.74 Å². The van der Waals surface area contributed by atoms with Gasteiger partial charge in [-0.2, -0.15) is 0 Å². The van der Waals surface area contributed by atoms with Crippen LogP contribution >= 0.6 is 0 Å². The summed E-state index contributed by atoms with van der Waals surface area (Å²) < 4.78 is 5.20. The van der Waals surface area contributed by atoms with Crippen LogP contribution in [0.3, 0.4) is 0 Å². The largest absolute Gasteiger partial charge is 0.379 e. The molecule has 1 aromatic heterocycles. The third-order valence-corrected chi connectivity index (χ3v) is 2.39. The zero-order valence-corrected chi connectivity index (χ0v) is 7.81. The molecule has 0 saturated carbocycles. The molecule has 0 N–H and O–H groups in total. The quantitative estimate of drug-likeness (QED) is 0.688. The lowest BCUT2D eigenvalue weighted by atomic mass is 10.1. The minimum absolute atomic E-state index is 0.441. The first-order valence-electron chi connectivity index (χ1n) is 4.52. The molecule has 0 atom stereocenters. The van der Waals surface area contributed by atoms with Crippen molar-refractivity contribution in [3.63, 3.8) is 0 Å². The molecule has 70 valence electrons. The Morgan fingerprint density at radius 1 is 1.62 bits per heavy atom. The van der Waals surface area contributed by atoms with Crippen molar-refractivity contribution in [3.05, 3.63) is 30.1 Å². The smallest absolute Gasteiger partial charge is 0.0825 e. The fourth-order valence-electron chi connectivity index (χ4n) is 1.55. The number of pyridine rings is 1. The molecule has 0 bridgehead atoms. The Labute approximate surface area is 78.3 Å². The van der Waals surface area contributed by atoms with Gasteiger partial charge in [0.2, 0.25) is 0 Å². The lowest BCUT2D eigenvalue weighted by Crippen LogP contribution is -2.50. The monoisotopic (exact) mass is 178 g/mol. The fourth-order valence-corrected chi connectivity index (χ4v) is 1.55. The molecule has 1 fully saturated rings. The summed E-state index contributed by atoms with van der Waals surface area (Å²) in [5.74, 6) is 0. The first-order valence-corrected chi connectivity index (χ1v) is 4.52. The summed E-state index contributed by atoms with van der Waals surface area (Å²) in [4.78, 5) is 6.43. The van der Waals surface area contributed by atoms with Gasteiger partial charge in [0.1, 0.15) is 0 Å². The Balaban J connectivity index is 1.81. The van der Waals surface area contributed by atoms with Gasteiger partial charge in [0.25, 0.3) is 0 Å². The van der Waals surface area contributed by atoms with Gasteiger partial charge in [-0.1, -0.05) is 6.07 Å². The van der Waals surface area contributed by atoms with E-state index in [4.69, 9.17) is 4.74 Å². The molecule has 3 heteroatoms. The van der Waals surface area contributed by atoms with E-state index in [0.717, 1.165) is 19.6 Å². The van der Waals surface area contributed by atoms with Crippen LogP contribution in [0, 0.1) is 0 Å². The number of hydrogen-bond acceptors (Lipinski definition) is 3. The summed E-state index contributed by atoms with van der Waals surface area (Å²) in [7, 11) is 1.77. The molecule has 1 aromatic rings. The number of rotatable bonds is 3. The third kappa shape index (κ3) is 2.05. The number of hydrogen-bond donors (Lipinski definition) is 0. The maximum atomic E-state index is 5.20. The molecule has 0 radical (unpaired) electrons. The molecule has 0 amide bonds. The van der Waals surface area contributed by atoms with Gasteiger partial charge in [-0.25, -0.2) is 0 Å². The van der Waals surface area contributed by atoms with Gasteiger partial charge in [-0.05, 0) is 11.6 Å². The Morgan fingerprint density at radius 2 is 2.46 bits per heavy atom. The Kier molecular flexibility index (Phi) is 2.57. The maximum Gasteiger partial charge on any atom is 0.0825 e. The fraction of sp³-hybridized carbons (Fsp3) is 0.500. The van der Waals surface area contributed by atoms with Crippen molar-refractivity contribution in [2.24, 2.45) is 0 Å². The molecule has 2 heterocycles. The van der Waals surface area contributed by atoms with E-state index in [1.54, 1.807) is 13.3 Å². The van der Waals surface area contributed by atoms with Crippen molar-refractivity contribution in [3.8, 4) is 0 Å². The SMILES string of the molecule is COC1CN(Cc2cccnc2)C1. The van der Waals surface area contributed by atoms with Gasteiger partial charge in [-0.15, -0.1) is 0 Å². The molecule has 0 aliphatic carbocycles. The van der Waals surface area contributed by atoms with Crippen LogP contribution in [0.25, 0.3) is 0 Å². The minimum Gasteiger partial charge on any atom is -0.379 e. The third-order valence-electron chi connectivity index (χ3n) is 2.39. The minimum atomic E-state index is 0.441.